The van der Waals surface area contributed by atoms with Crippen molar-refractivity contribution in [1.82, 2.24) is 9.88 Å². The minimum atomic E-state index is 0.666. The molecule has 0 fully saturated rings. The maximum atomic E-state index is 6.17. The van der Waals surface area contributed by atoms with Crippen LogP contribution in [0.5, 0.6) is 5.75 Å². The Labute approximate surface area is 159 Å². The molecule has 0 spiro atoms. The number of hydrogen-bond acceptors (Lipinski definition) is 3. The van der Waals surface area contributed by atoms with E-state index in [9.17, 15) is 0 Å². The third kappa shape index (κ3) is 3.91. The molecule has 4 heteroatoms. The summed E-state index contributed by atoms with van der Waals surface area (Å²) < 4.78 is 6.17. The predicted molar refractivity (Wildman–Crippen MR) is 114 cm³/mol. The molecule has 0 atom stereocenters. The van der Waals surface area contributed by atoms with Gasteiger partial charge in [-0.15, -0.1) is 0 Å². The predicted octanol–water partition coefficient (Wildman–Crippen LogP) is 4.87. The highest BCUT2D eigenvalue weighted by Gasteiger charge is 2.11. The second-order valence-corrected chi connectivity index (χ2v) is 7.05. The highest BCUT2D eigenvalue weighted by Crippen LogP contribution is 2.32. The minimum Gasteiger partial charge on any atom is -0.492 e. The second-order valence-electron chi connectivity index (χ2n) is 7.05. The molecule has 1 heterocycles. The molecule has 4 rings (SSSR count). The van der Waals surface area contributed by atoms with Crippen LogP contribution in [0.15, 0.2) is 66.7 Å². The third-order valence-corrected chi connectivity index (χ3v) is 4.74. The van der Waals surface area contributed by atoms with Gasteiger partial charge >= 0.3 is 0 Å². The summed E-state index contributed by atoms with van der Waals surface area (Å²) in [6.45, 7) is 2.27. The number of nitrogens with zero attached hydrogens (tertiary/aromatic N) is 1. The van der Waals surface area contributed by atoms with Crippen molar-refractivity contribution in [3.63, 3.8) is 0 Å². The van der Waals surface area contributed by atoms with E-state index in [4.69, 9.17) is 4.74 Å². The summed E-state index contributed by atoms with van der Waals surface area (Å²) in [6, 6.07) is 23.0. The van der Waals surface area contributed by atoms with Gasteiger partial charge in [-0.05, 0) is 44.4 Å². The molecule has 0 unspecified atom stereocenters. The SMILES string of the molecule is CN(C)CCOc1cc2c(cc1CNc1ccccc1)[nH]c1ccccc12. The van der Waals surface area contributed by atoms with Crippen molar-refractivity contribution in [2.75, 3.05) is 32.6 Å². The van der Waals surface area contributed by atoms with E-state index in [1.807, 2.05) is 18.2 Å². The zero-order valence-electron chi connectivity index (χ0n) is 15.8. The molecule has 138 valence electrons. The Balaban J connectivity index is 1.68. The maximum absolute atomic E-state index is 6.17. The van der Waals surface area contributed by atoms with E-state index in [-0.39, 0.29) is 0 Å². The van der Waals surface area contributed by atoms with E-state index in [0.29, 0.717) is 13.2 Å². The van der Waals surface area contributed by atoms with Crippen molar-refractivity contribution in [2.24, 2.45) is 0 Å². The van der Waals surface area contributed by atoms with Gasteiger partial charge in [-0.2, -0.15) is 0 Å². The molecule has 4 aromatic rings. The number of aromatic amines is 1. The Morgan fingerprint density at radius 1 is 0.889 bits per heavy atom. The van der Waals surface area contributed by atoms with E-state index in [1.165, 1.54) is 10.8 Å². The largest absolute Gasteiger partial charge is 0.492 e. The van der Waals surface area contributed by atoms with Gasteiger partial charge in [-0.25, -0.2) is 0 Å². The first-order valence-electron chi connectivity index (χ1n) is 9.30. The van der Waals surface area contributed by atoms with Crippen LogP contribution in [0.4, 0.5) is 5.69 Å². The van der Waals surface area contributed by atoms with Crippen molar-refractivity contribution in [3.8, 4) is 5.75 Å². The zero-order valence-corrected chi connectivity index (χ0v) is 15.8. The summed E-state index contributed by atoms with van der Waals surface area (Å²) >= 11 is 0. The van der Waals surface area contributed by atoms with E-state index < -0.39 is 0 Å². The standard InChI is InChI=1S/C23H25N3O/c1-26(2)12-13-27-23-15-20-19-10-6-7-11-21(19)25-22(20)14-17(23)16-24-18-8-4-3-5-9-18/h3-11,14-15,24-25H,12-13,16H2,1-2H3. The molecular formula is C23H25N3O. The van der Waals surface area contributed by atoms with Crippen LogP contribution in [-0.4, -0.2) is 37.1 Å². The molecule has 0 saturated heterocycles. The highest BCUT2D eigenvalue weighted by molar-refractivity contribution is 6.07. The average molecular weight is 359 g/mol. The fourth-order valence-corrected chi connectivity index (χ4v) is 3.29. The summed E-state index contributed by atoms with van der Waals surface area (Å²) in [7, 11) is 4.12. The summed E-state index contributed by atoms with van der Waals surface area (Å²) in [5, 5.41) is 5.93. The van der Waals surface area contributed by atoms with Crippen molar-refractivity contribution < 1.29 is 4.74 Å². The lowest BCUT2D eigenvalue weighted by molar-refractivity contribution is 0.260. The fraction of sp³-hybridized carbons (Fsp3) is 0.217. The minimum absolute atomic E-state index is 0.666. The Kier molecular flexibility index (Phi) is 4.99. The Bertz CT molecular complexity index is 1040. The first-order chi connectivity index (χ1) is 13.2. The Morgan fingerprint density at radius 3 is 2.48 bits per heavy atom. The lowest BCUT2D eigenvalue weighted by Gasteiger charge is -2.15. The van der Waals surface area contributed by atoms with Gasteiger partial charge in [0.25, 0.3) is 0 Å². The zero-order chi connectivity index (χ0) is 18.6. The van der Waals surface area contributed by atoms with Crippen LogP contribution in [0, 0.1) is 0 Å². The molecule has 0 saturated carbocycles. The molecule has 2 N–H and O–H groups in total. The van der Waals surface area contributed by atoms with Crippen molar-refractivity contribution in [1.29, 1.82) is 0 Å². The first kappa shape index (κ1) is 17.4. The third-order valence-electron chi connectivity index (χ3n) is 4.74. The van der Waals surface area contributed by atoms with Crippen LogP contribution in [-0.2, 0) is 6.54 Å². The number of aromatic nitrogens is 1. The van der Waals surface area contributed by atoms with Crippen LogP contribution in [0.25, 0.3) is 21.8 Å². The number of benzene rings is 3. The maximum Gasteiger partial charge on any atom is 0.125 e. The van der Waals surface area contributed by atoms with Crippen LogP contribution in [0.2, 0.25) is 0 Å². The van der Waals surface area contributed by atoms with Gasteiger partial charge < -0.3 is 19.9 Å². The highest BCUT2D eigenvalue weighted by atomic mass is 16.5. The van der Waals surface area contributed by atoms with Gasteiger partial charge in [0.2, 0.25) is 0 Å². The van der Waals surface area contributed by atoms with Gasteiger partial charge in [-0.3, -0.25) is 0 Å². The Hall–Kier alpha value is -2.98. The lowest BCUT2D eigenvalue weighted by Crippen LogP contribution is -2.20. The molecule has 4 nitrogen and oxygen atoms in total. The number of ether oxygens (including phenoxy) is 1. The number of likely N-dealkylation sites (N-methyl/N-ethyl adjacent to an activating group) is 1. The smallest absolute Gasteiger partial charge is 0.125 e. The van der Waals surface area contributed by atoms with Gasteiger partial charge in [0, 0.05) is 46.1 Å². The topological polar surface area (TPSA) is 40.3 Å². The monoisotopic (exact) mass is 359 g/mol. The number of hydrogen-bond donors (Lipinski definition) is 2. The molecule has 0 aliphatic heterocycles. The number of rotatable bonds is 7. The molecule has 0 amide bonds. The van der Waals surface area contributed by atoms with Gasteiger partial charge in [0.05, 0.1) is 0 Å². The van der Waals surface area contributed by atoms with Gasteiger partial charge in [-0.1, -0.05) is 36.4 Å². The summed E-state index contributed by atoms with van der Waals surface area (Å²) in [4.78, 5) is 5.66. The number of para-hydroxylation sites is 2. The van der Waals surface area contributed by atoms with E-state index in [1.54, 1.807) is 0 Å². The molecule has 0 aliphatic carbocycles. The number of fused-ring (bicyclic) bond motifs is 3. The van der Waals surface area contributed by atoms with E-state index >= 15 is 0 Å². The first-order valence-corrected chi connectivity index (χ1v) is 9.30. The normalized spacial score (nSPS) is 11.4. The second kappa shape index (κ2) is 7.72. The quantitative estimate of drug-likeness (QED) is 0.494. The van der Waals surface area contributed by atoms with Crippen LogP contribution < -0.4 is 10.1 Å². The molecule has 0 aliphatic rings. The molecule has 0 bridgehead atoms. The van der Waals surface area contributed by atoms with Crippen LogP contribution in [0.1, 0.15) is 5.56 Å². The number of nitrogens with one attached hydrogen (secondary N) is 2. The van der Waals surface area contributed by atoms with Crippen molar-refractivity contribution in [2.45, 2.75) is 6.54 Å². The molecule has 0 radical (unpaired) electrons. The Morgan fingerprint density at radius 2 is 1.67 bits per heavy atom. The summed E-state index contributed by atoms with van der Waals surface area (Å²) in [5.74, 6) is 0.942. The van der Waals surface area contributed by atoms with Gasteiger partial charge in [0.15, 0.2) is 0 Å². The van der Waals surface area contributed by atoms with Gasteiger partial charge in [0.1, 0.15) is 12.4 Å². The van der Waals surface area contributed by atoms with Crippen molar-refractivity contribution in [3.05, 3.63) is 72.3 Å². The average Bonchev–Trinajstić information content (AvgIpc) is 3.04. The van der Waals surface area contributed by atoms with Crippen LogP contribution >= 0.6 is 0 Å². The van der Waals surface area contributed by atoms with E-state index in [0.717, 1.165) is 34.6 Å². The summed E-state index contributed by atoms with van der Waals surface area (Å²) in [6.07, 6.45) is 0. The molecule has 3 aromatic carbocycles. The summed E-state index contributed by atoms with van der Waals surface area (Å²) in [5.41, 5.74) is 4.55. The molecule has 1 aromatic heterocycles. The molecule has 27 heavy (non-hydrogen) atoms. The van der Waals surface area contributed by atoms with Crippen molar-refractivity contribution >= 4 is 27.5 Å². The number of H-pyrrole nitrogens is 1. The fourth-order valence-electron chi connectivity index (χ4n) is 3.29. The lowest BCUT2D eigenvalue weighted by atomic mass is 10.1. The molecular weight excluding hydrogens is 334 g/mol. The van der Waals surface area contributed by atoms with Crippen LogP contribution in [0.3, 0.4) is 0 Å². The van der Waals surface area contributed by atoms with E-state index in [2.05, 4.69) is 77.8 Å². The number of anilines is 1.